The third-order valence-corrected chi connectivity index (χ3v) is 2.99. The lowest BCUT2D eigenvalue weighted by atomic mass is 10.2. The van der Waals surface area contributed by atoms with E-state index in [9.17, 15) is 14.7 Å². The monoisotopic (exact) mass is 338 g/mol. The van der Waals surface area contributed by atoms with Crippen LogP contribution in [0.25, 0.3) is 6.08 Å². The zero-order chi connectivity index (χ0) is 17.9. The van der Waals surface area contributed by atoms with E-state index >= 15 is 0 Å². The third kappa shape index (κ3) is 6.70. The van der Waals surface area contributed by atoms with Gasteiger partial charge in [-0.15, -0.1) is 0 Å². The van der Waals surface area contributed by atoms with E-state index in [4.69, 9.17) is 19.3 Å². The molecule has 1 unspecified atom stereocenters. The SMILES string of the molecule is CCCC(=O)OC(CO)COc1ccc(C=CC(=O)O)cc1OC. The van der Waals surface area contributed by atoms with Gasteiger partial charge in [0, 0.05) is 12.5 Å². The Morgan fingerprint density at radius 3 is 2.62 bits per heavy atom. The normalized spacial score (nSPS) is 12.0. The number of aliphatic hydroxyl groups is 1. The second-order valence-corrected chi connectivity index (χ2v) is 4.94. The maximum atomic E-state index is 11.4. The zero-order valence-corrected chi connectivity index (χ0v) is 13.7. The molecule has 0 spiro atoms. The van der Waals surface area contributed by atoms with E-state index in [2.05, 4.69) is 0 Å². The number of carbonyl (C=O) groups excluding carboxylic acids is 1. The van der Waals surface area contributed by atoms with Gasteiger partial charge in [0.25, 0.3) is 0 Å². The second-order valence-electron chi connectivity index (χ2n) is 4.94. The number of benzene rings is 1. The Bertz CT molecular complexity index is 580. The van der Waals surface area contributed by atoms with Gasteiger partial charge in [-0.3, -0.25) is 4.79 Å². The summed E-state index contributed by atoms with van der Waals surface area (Å²) in [4.78, 5) is 22.0. The highest BCUT2D eigenvalue weighted by molar-refractivity contribution is 5.85. The van der Waals surface area contributed by atoms with Crippen molar-refractivity contribution in [2.75, 3.05) is 20.3 Å². The van der Waals surface area contributed by atoms with Crippen molar-refractivity contribution in [3.8, 4) is 11.5 Å². The fourth-order valence-electron chi connectivity index (χ4n) is 1.83. The molecule has 1 aromatic rings. The van der Waals surface area contributed by atoms with Crippen LogP contribution in [0, 0.1) is 0 Å². The average molecular weight is 338 g/mol. The molecule has 0 aliphatic carbocycles. The minimum Gasteiger partial charge on any atom is -0.493 e. The van der Waals surface area contributed by atoms with Crippen LogP contribution in [0.3, 0.4) is 0 Å². The minimum absolute atomic E-state index is 0.0212. The third-order valence-electron chi connectivity index (χ3n) is 2.99. The number of carbonyl (C=O) groups is 2. The smallest absolute Gasteiger partial charge is 0.328 e. The summed E-state index contributed by atoms with van der Waals surface area (Å²) in [6.45, 7) is 1.49. The van der Waals surface area contributed by atoms with Gasteiger partial charge < -0.3 is 24.4 Å². The number of aliphatic carboxylic acids is 1. The molecule has 0 amide bonds. The summed E-state index contributed by atoms with van der Waals surface area (Å²) in [7, 11) is 1.46. The number of hydrogen-bond acceptors (Lipinski definition) is 6. The molecule has 132 valence electrons. The van der Waals surface area contributed by atoms with E-state index in [0.717, 1.165) is 6.08 Å². The summed E-state index contributed by atoms with van der Waals surface area (Å²) in [5, 5.41) is 17.9. The summed E-state index contributed by atoms with van der Waals surface area (Å²) < 4.78 is 15.8. The Labute approximate surface area is 140 Å². The van der Waals surface area contributed by atoms with E-state index in [0.29, 0.717) is 23.5 Å². The van der Waals surface area contributed by atoms with Crippen molar-refractivity contribution < 1.29 is 34.0 Å². The first kappa shape index (κ1) is 19.5. The highest BCUT2D eigenvalue weighted by Gasteiger charge is 2.15. The molecule has 0 aliphatic heterocycles. The highest BCUT2D eigenvalue weighted by atomic mass is 16.6. The predicted molar refractivity (Wildman–Crippen MR) is 87.0 cm³/mol. The van der Waals surface area contributed by atoms with E-state index in [1.54, 1.807) is 18.2 Å². The lowest BCUT2D eigenvalue weighted by molar-refractivity contribution is -0.152. The second kappa shape index (κ2) is 10.3. The van der Waals surface area contributed by atoms with Crippen molar-refractivity contribution in [1.82, 2.24) is 0 Å². The molecule has 1 atom stereocenters. The standard InChI is InChI=1S/C17H22O7/c1-3-4-17(21)24-13(10-18)11-23-14-7-5-12(6-8-16(19)20)9-15(14)22-2/h5-9,13,18H,3-4,10-11H2,1-2H3,(H,19,20). The molecule has 1 aromatic carbocycles. The molecule has 1 rings (SSSR count). The number of ether oxygens (including phenoxy) is 3. The van der Waals surface area contributed by atoms with E-state index in [1.165, 1.54) is 13.2 Å². The van der Waals surface area contributed by atoms with Crippen molar-refractivity contribution in [3.05, 3.63) is 29.8 Å². The van der Waals surface area contributed by atoms with Gasteiger partial charge in [0.05, 0.1) is 13.7 Å². The fourth-order valence-corrected chi connectivity index (χ4v) is 1.83. The predicted octanol–water partition coefficient (Wildman–Crippen LogP) is 1.88. The lowest BCUT2D eigenvalue weighted by Gasteiger charge is -2.17. The molecular formula is C17H22O7. The van der Waals surface area contributed by atoms with E-state index < -0.39 is 12.1 Å². The van der Waals surface area contributed by atoms with Crippen LogP contribution in [0.1, 0.15) is 25.3 Å². The van der Waals surface area contributed by atoms with Gasteiger partial charge in [0.15, 0.2) is 17.6 Å². The van der Waals surface area contributed by atoms with Crippen LogP contribution in [0.4, 0.5) is 0 Å². The van der Waals surface area contributed by atoms with Crippen molar-refractivity contribution in [3.63, 3.8) is 0 Å². The molecule has 0 fully saturated rings. The van der Waals surface area contributed by atoms with Gasteiger partial charge in [-0.25, -0.2) is 4.79 Å². The minimum atomic E-state index is -1.05. The number of aliphatic hydroxyl groups excluding tert-OH is 1. The number of carboxylic acid groups (broad SMARTS) is 1. The zero-order valence-electron chi connectivity index (χ0n) is 13.7. The molecule has 24 heavy (non-hydrogen) atoms. The largest absolute Gasteiger partial charge is 0.493 e. The highest BCUT2D eigenvalue weighted by Crippen LogP contribution is 2.28. The summed E-state index contributed by atoms with van der Waals surface area (Å²) in [6.07, 6.45) is 2.63. The number of rotatable bonds is 10. The summed E-state index contributed by atoms with van der Waals surface area (Å²) in [5.41, 5.74) is 0.634. The fraction of sp³-hybridized carbons (Fsp3) is 0.412. The topological polar surface area (TPSA) is 102 Å². The number of esters is 1. The first-order valence-electron chi connectivity index (χ1n) is 7.52. The lowest BCUT2D eigenvalue weighted by Crippen LogP contribution is -2.28. The first-order valence-corrected chi connectivity index (χ1v) is 7.52. The molecule has 0 radical (unpaired) electrons. The Morgan fingerprint density at radius 1 is 1.29 bits per heavy atom. The van der Waals surface area contributed by atoms with Crippen LogP contribution < -0.4 is 9.47 Å². The maximum absolute atomic E-state index is 11.4. The molecule has 0 saturated heterocycles. The summed E-state index contributed by atoms with van der Waals surface area (Å²) in [6, 6.07) is 4.89. The Morgan fingerprint density at radius 2 is 2.04 bits per heavy atom. The van der Waals surface area contributed by atoms with E-state index in [-0.39, 0.29) is 25.6 Å². The van der Waals surface area contributed by atoms with Crippen LogP contribution >= 0.6 is 0 Å². The van der Waals surface area contributed by atoms with Crippen LogP contribution in [0.15, 0.2) is 24.3 Å². The van der Waals surface area contributed by atoms with Crippen LogP contribution in [-0.4, -0.2) is 48.6 Å². The maximum Gasteiger partial charge on any atom is 0.328 e. The van der Waals surface area contributed by atoms with Crippen molar-refractivity contribution in [2.24, 2.45) is 0 Å². The van der Waals surface area contributed by atoms with Crippen LogP contribution in [0.5, 0.6) is 11.5 Å². The quantitative estimate of drug-likeness (QED) is 0.496. The Kier molecular flexibility index (Phi) is 8.35. The summed E-state index contributed by atoms with van der Waals surface area (Å²) >= 11 is 0. The van der Waals surface area contributed by atoms with E-state index in [1.807, 2.05) is 6.92 Å². The number of methoxy groups -OCH3 is 1. The first-order chi connectivity index (χ1) is 11.5. The molecule has 0 heterocycles. The summed E-state index contributed by atoms with van der Waals surface area (Å²) in [5.74, 6) is -0.635. The van der Waals surface area contributed by atoms with Crippen molar-refractivity contribution >= 4 is 18.0 Å². The molecule has 0 aliphatic rings. The van der Waals surface area contributed by atoms with Gasteiger partial charge in [0.2, 0.25) is 0 Å². The van der Waals surface area contributed by atoms with Gasteiger partial charge in [-0.2, -0.15) is 0 Å². The van der Waals surface area contributed by atoms with Gasteiger partial charge in [0.1, 0.15) is 6.61 Å². The van der Waals surface area contributed by atoms with Gasteiger partial charge in [-0.05, 0) is 30.2 Å². The molecule has 7 nitrogen and oxygen atoms in total. The molecule has 2 N–H and O–H groups in total. The molecule has 0 bridgehead atoms. The average Bonchev–Trinajstić information content (AvgIpc) is 2.57. The van der Waals surface area contributed by atoms with Gasteiger partial charge >= 0.3 is 11.9 Å². The number of carboxylic acids is 1. The van der Waals surface area contributed by atoms with Gasteiger partial charge in [-0.1, -0.05) is 13.0 Å². The Hall–Kier alpha value is -2.54. The van der Waals surface area contributed by atoms with Crippen molar-refractivity contribution in [2.45, 2.75) is 25.9 Å². The molecule has 0 aromatic heterocycles. The van der Waals surface area contributed by atoms with Crippen molar-refractivity contribution in [1.29, 1.82) is 0 Å². The molecular weight excluding hydrogens is 316 g/mol. The van der Waals surface area contributed by atoms with Crippen LogP contribution in [0.2, 0.25) is 0 Å². The number of hydrogen-bond donors (Lipinski definition) is 2. The molecule has 7 heteroatoms. The molecule has 0 saturated carbocycles. The Balaban J connectivity index is 2.72. The van der Waals surface area contributed by atoms with Crippen LogP contribution in [-0.2, 0) is 14.3 Å².